The van der Waals surface area contributed by atoms with Crippen LogP contribution in [0, 0.1) is 0 Å². The van der Waals surface area contributed by atoms with Gasteiger partial charge in [-0.05, 0) is 54.4 Å². The van der Waals surface area contributed by atoms with E-state index in [-0.39, 0.29) is 33.4 Å². The quantitative estimate of drug-likeness (QED) is 0.249. The Balaban J connectivity index is 2.15. The Hall–Kier alpha value is -1.16. The second kappa shape index (κ2) is 10.8. The highest BCUT2D eigenvalue weighted by Gasteiger charge is 2.55. The lowest BCUT2D eigenvalue weighted by Crippen LogP contribution is -2.54. The second-order valence-corrected chi connectivity index (χ2v) is 30.2. The molecule has 0 amide bonds. The van der Waals surface area contributed by atoms with Crippen molar-refractivity contribution in [3.63, 3.8) is 0 Å². The molecule has 0 spiro atoms. The van der Waals surface area contributed by atoms with E-state index in [1.54, 1.807) is 6.33 Å². The maximum absolute atomic E-state index is 7.22. The van der Waals surface area contributed by atoms with Crippen LogP contribution in [0.1, 0.15) is 68.5 Å². The zero-order valence-corrected chi connectivity index (χ0v) is 30.7. The van der Waals surface area contributed by atoms with E-state index < -0.39 is 31.2 Å². The molecule has 1 aliphatic rings. The third-order valence-corrected chi connectivity index (χ3v) is 23.3. The highest BCUT2D eigenvalue weighted by Crippen LogP contribution is 2.47. The number of imidazole rings is 1. The van der Waals surface area contributed by atoms with Gasteiger partial charge in [-0.2, -0.15) is 0 Å². The Morgan fingerprint density at radius 3 is 1.77 bits per heavy atom. The summed E-state index contributed by atoms with van der Waals surface area (Å²) < 4.78 is 30.1. The van der Waals surface area contributed by atoms with Crippen LogP contribution < -0.4 is 5.73 Å². The van der Waals surface area contributed by atoms with Gasteiger partial charge in [0.1, 0.15) is 30.2 Å². The van der Waals surface area contributed by atoms with Crippen LogP contribution in [-0.2, 0) is 18.0 Å². The molecule has 1 saturated heterocycles. The van der Waals surface area contributed by atoms with Crippen molar-refractivity contribution in [2.45, 2.75) is 141 Å². The Kier molecular flexibility index (Phi) is 9.03. The van der Waals surface area contributed by atoms with Crippen LogP contribution >= 0.6 is 0 Å². The molecule has 12 heteroatoms. The number of hydrogen-bond acceptors (Lipinski definition) is 8. The van der Waals surface area contributed by atoms with Crippen molar-refractivity contribution >= 4 is 41.9 Å². The van der Waals surface area contributed by atoms with Crippen molar-refractivity contribution < 1.29 is 18.0 Å². The summed E-state index contributed by atoms with van der Waals surface area (Å²) in [4.78, 5) is 13.2. The molecule has 40 heavy (non-hydrogen) atoms. The lowest BCUT2D eigenvalue weighted by Gasteiger charge is -2.44. The van der Waals surface area contributed by atoms with Gasteiger partial charge in [0.25, 0.3) is 0 Å². The number of anilines is 1. The number of rotatable bonds is 8. The van der Waals surface area contributed by atoms with E-state index in [0.717, 1.165) is 0 Å². The Bertz CT molecular complexity index is 1180. The van der Waals surface area contributed by atoms with Gasteiger partial charge in [-0.15, -0.1) is 0 Å². The van der Waals surface area contributed by atoms with Gasteiger partial charge in [0, 0.05) is 0 Å². The van der Waals surface area contributed by atoms with E-state index >= 15 is 0 Å². The zero-order chi connectivity index (χ0) is 30.7. The van der Waals surface area contributed by atoms with Crippen LogP contribution in [0.3, 0.4) is 0 Å². The molecule has 3 heterocycles. The van der Waals surface area contributed by atoms with E-state index in [2.05, 4.69) is 117 Å². The minimum Gasteiger partial charge on any atom is -0.414 e. The topological polar surface area (TPSA) is 107 Å². The van der Waals surface area contributed by atoms with Crippen LogP contribution in [0.5, 0.6) is 0 Å². The number of nitrogen functional groups attached to an aromatic ring is 1. The first-order chi connectivity index (χ1) is 17.9. The number of aromatic nitrogens is 4. The van der Waals surface area contributed by atoms with Crippen molar-refractivity contribution in [2.75, 3.05) is 12.3 Å². The smallest absolute Gasteiger partial charge is 0.192 e. The minimum atomic E-state index is -2.25. The van der Waals surface area contributed by atoms with Crippen molar-refractivity contribution in [2.24, 2.45) is 0 Å². The molecule has 2 aromatic rings. The molecule has 228 valence electrons. The predicted molar refractivity (Wildman–Crippen MR) is 171 cm³/mol. The number of hydrogen-bond donors (Lipinski definition) is 1. The summed E-state index contributed by atoms with van der Waals surface area (Å²) in [5.74, 6) is 0.343. The molecule has 0 saturated carbocycles. The lowest BCUT2D eigenvalue weighted by atomic mass is 10.1. The molecule has 1 aliphatic heterocycles. The van der Waals surface area contributed by atoms with Crippen molar-refractivity contribution in [1.82, 2.24) is 19.5 Å². The largest absolute Gasteiger partial charge is 0.414 e. The highest BCUT2D eigenvalue weighted by molar-refractivity contribution is 6.75. The minimum absolute atomic E-state index is 0.00158. The standard InChI is InChI=1S/C28H55N5O4Si3/c1-26(2,3)38(10,11)34-16-19-21(36-39(12,13)27(4,5)6)22(37-40(14,15)28(7,8)9)25(35-19)33-18-32-20-23(29)30-17-31-24(20)33/h17-19,21-22,25H,16H2,1-15H3,(H2,29,30,31)/t19-,21-,22-,25-/m1/s1/i29+1. The molecular weight excluding hydrogens is 556 g/mol. The number of nitrogens with two attached hydrogens (primary N) is 1. The predicted octanol–water partition coefficient (Wildman–Crippen LogP) is 7.11. The zero-order valence-electron chi connectivity index (χ0n) is 27.7. The van der Waals surface area contributed by atoms with Crippen LogP contribution in [-0.4, -0.2) is 69.4 Å². The maximum atomic E-state index is 7.22. The fraction of sp³-hybridized carbons (Fsp3) is 0.821. The first kappa shape index (κ1) is 33.3. The fourth-order valence-electron chi connectivity index (χ4n) is 3.93. The summed E-state index contributed by atoms with van der Waals surface area (Å²) in [5.41, 5.74) is 7.34. The van der Waals surface area contributed by atoms with Crippen LogP contribution in [0.4, 0.5) is 5.82 Å². The summed E-state index contributed by atoms with van der Waals surface area (Å²) in [7, 11) is -6.52. The SMILES string of the molecule is CC(C)(C)[Si](C)(C)OC[C@H]1O[C@@H](n2cnc3c([15NH2])ncnc32)[C@H](O[Si](C)(C)C(C)(C)C)[C@@H]1O[Si](C)(C)C(C)(C)C. The Labute approximate surface area is 245 Å². The summed E-state index contributed by atoms with van der Waals surface area (Å²) in [6.45, 7) is 34.4. The van der Waals surface area contributed by atoms with Gasteiger partial charge in [0.15, 0.2) is 42.6 Å². The molecule has 3 rings (SSSR count). The van der Waals surface area contributed by atoms with E-state index in [0.29, 0.717) is 23.6 Å². The Morgan fingerprint density at radius 2 is 1.27 bits per heavy atom. The van der Waals surface area contributed by atoms with Gasteiger partial charge in [0.05, 0.1) is 12.9 Å². The van der Waals surface area contributed by atoms with Gasteiger partial charge >= 0.3 is 0 Å². The molecule has 4 atom stereocenters. The van der Waals surface area contributed by atoms with E-state index in [1.807, 2.05) is 4.57 Å². The molecular formula is C28H55N5O4Si3. The van der Waals surface area contributed by atoms with Crippen LogP contribution in [0.15, 0.2) is 12.7 Å². The Morgan fingerprint density at radius 1 is 0.775 bits per heavy atom. The molecule has 0 aliphatic carbocycles. The average Bonchev–Trinajstić information content (AvgIpc) is 3.32. The van der Waals surface area contributed by atoms with E-state index in [9.17, 15) is 0 Å². The van der Waals surface area contributed by atoms with Crippen molar-refractivity contribution in [1.29, 1.82) is 0 Å². The molecule has 0 aromatic carbocycles. The first-order valence-electron chi connectivity index (χ1n) is 14.5. The molecule has 9 nitrogen and oxygen atoms in total. The van der Waals surface area contributed by atoms with E-state index in [4.69, 9.17) is 23.7 Å². The molecule has 0 radical (unpaired) electrons. The summed E-state index contributed by atoms with van der Waals surface area (Å²) in [6.07, 6.45) is 1.69. The number of ether oxygens (including phenoxy) is 1. The third kappa shape index (κ3) is 6.57. The normalized spacial score (nSPS) is 23.8. The molecule has 1 fully saturated rings. The molecule has 2 aromatic heterocycles. The van der Waals surface area contributed by atoms with Crippen molar-refractivity contribution in [3.05, 3.63) is 12.7 Å². The highest BCUT2D eigenvalue weighted by atomic mass is 28.4. The third-order valence-electron chi connectivity index (χ3n) is 9.84. The van der Waals surface area contributed by atoms with Gasteiger partial charge in [-0.1, -0.05) is 62.3 Å². The summed E-state index contributed by atoms with van der Waals surface area (Å²) >= 11 is 0. The van der Waals surface area contributed by atoms with Crippen LogP contribution in [0.25, 0.3) is 11.2 Å². The molecule has 0 unspecified atom stereocenters. The lowest BCUT2D eigenvalue weighted by molar-refractivity contribution is -0.0470. The molecule has 0 bridgehead atoms. The van der Waals surface area contributed by atoms with Crippen LogP contribution in [0.2, 0.25) is 54.4 Å². The summed E-state index contributed by atoms with van der Waals surface area (Å²) in [5, 5.41) is 0.0893. The maximum Gasteiger partial charge on any atom is 0.192 e. The first-order valence-corrected chi connectivity index (χ1v) is 23.2. The average molecular weight is 611 g/mol. The van der Waals surface area contributed by atoms with E-state index in [1.165, 1.54) is 6.33 Å². The number of nitrogens with zero attached hydrogens (tertiary/aromatic N) is 4. The molecule has 2 N–H and O–H groups in total. The van der Waals surface area contributed by atoms with Gasteiger partial charge < -0.3 is 23.7 Å². The van der Waals surface area contributed by atoms with Gasteiger partial charge in [0.2, 0.25) is 0 Å². The fourth-order valence-corrected chi connectivity index (χ4v) is 7.55. The van der Waals surface area contributed by atoms with Gasteiger partial charge in [-0.3, -0.25) is 4.57 Å². The summed E-state index contributed by atoms with van der Waals surface area (Å²) in [6, 6.07) is 0. The monoisotopic (exact) mass is 610 g/mol. The number of fused-ring (bicyclic) bond motifs is 1. The second-order valence-electron chi connectivity index (χ2n) is 15.9. The van der Waals surface area contributed by atoms with Crippen molar-refractivity contribution in [3.8, 4) is 0 Å². The van der Waals surface area contributed by atoms with Gasteiger partial charge in [-0.25, -0.2) is 15.0 Å².